The van der Waals surface area contributed by atoms with Gasteiger partial charge in [-0.1, -0.05) is 44.2 Å². The second-order valence-electron chi connectivity index (χ2n) is 6.49. The van der Waals surface area contributed by atoms with Crippen LogP contribution in [-0.4, -0.2) is 35.7 Å². The maximum absolute atomic E-state index is 12.3. The molecule has 1 heterocycles. The van der Waals surface area contributed by atoms with Crippen molar-refractivity contribution in [3.05, 3.63) is 35.9 Å². The maximum atomic E-state index is 12.3. The predicted octanol–water partition coefficient (Wildman–Crippen LogP) is 2.24. The average Bonchev–Trinajstić information content (AvgIpc) is 2.48. The standard InChI is InChI=1S/C17H24N2O2/c1-17(2)12-19(11-10-15(17)18)16(21)9-8-14(20)13-6-4-3-5-7-13/h3-7,15H,8-12,18H2,1-2H3. The van der Waals surface area contributed by atoms with Crippen LogP contribution in [0, 0.1) is 5.41 Å². The highest BCUT2D eigenvalue weighted by Crippen LogP contribution is 2.28. The highest BCUT2D eigenvalue weighted by Gasteiger charge is 2.35. The molecule has 2 rings (SSSR count). The molecule has 1 aliphatic rings. The summed E-state index contributed by atoms with van der Waals surface area (Å²) in [6, 6.07) is 9.26. The van der Waals surface area contributed by atoms with Gasteiger partial charge in [0.1, 0.15) is 0 Å². The number of nitrogens with two attached hydrogens (primary N) is 1. The third kappa shape index (κ3) is 3.91. The van der Waals surface area contributed by atoms with Crippen LogP contribution in [0.15, 0.2) is 30.3 Å². The number of ketones is 1. The molecule has 1 amide bonds. The molecule has 4 heteroatoms. The van der Waals surface area contributed by atoms with Gasteiger partial charge in [-0.05, 0) is 11.8 Å². The number of likely N-dealkylation sites (tertiary alicyclic amines) is 1. The van der Waals surface area contributed by atoms with Crippen LogP contribution in [0.2, 0.25) is 0 Å². The molecule has 1 aromatic carbocycles. The minimum absolute atomic E-state index is 0.0249. The first-order valence-electron chi connectivity index (χ1n) is 7.52. The molecular weight excluding hydrogens is 264 g/mol. The van der Waals surface area contributed by atoms with E-state index in [0.29, 0.717) is 18.7 Å². The van der Waals surface area contributed by atoms with Crippen molar-refractivity contribution in [2.45, 2.75) is 39.2 Å². The van der Waals surface area contributed by atoms with Crippen molar-refractivity contribution in [3.8, 4) is 0 Å². The van der Waals surface area contributed by atoms with Gasteiger partial charge in [-0.3, -0.25) is 9.59 Å². The molecule has 0 saturated carbocycles. The van der Waals surface area contributed by atoms with Crippen LogP contribution in [0.1, 0.15) is 43.5 Å². The number of carbonyl (C=O) groups excluding carboxylic acids is 2. The Morgan fingerprint density at radius 3 is 2.52 bits per heavy atom. The van der Waals surface area contributed by atoms with E-state index >= 15 is 0 Å². The summed E-state index contributed by atoms with van der Waals surface area (Å²) in [4.78, 5) is 26.1. The van der Waals surface area contributed by atoms with E-state index in [1.165, 1.54) is 0 Å². The van der Waals surface area contributed by atoms with Crippen molar-refractivity contribution in [2.24, 2.45) is 11.1 Å². The number of hydrogen-bond acceptors (Lipinski definition) is 3. The second-order valence-corrected chi connectivity index (χ2v) is 6.49. The summed E-state index contributed by atoms with van der Waals surface area (Å²) in [5.74, 6) is 0.0798. The van der Waals surface area contributed by atoms with Gasteiger partial charge in [0.15, 0.2) is 5.78 Å². The van der Waals surface area contributed by atoms with Crippen molar-refractivity contribution < 1.29 is 9.59 Å². The number of hydrogen-bond donors (Lipinski definition) is 1. The SMILES string of the molecule is CC1(C)CN(C(=O)CCC(=O)c2ccccc2)CCC1N. The summed E-state index contributed by atoms with van der Waals surface area (Å²) in [5.41, 5.74) is 6.70. The largest absolute Gasteiger partial charge is 0.342 e. The zero-order chi connectivity index (χ0) is 15.5. The molecule has 0 aliphatic carbocycles. The van der Waals surface area contributed by atoms with Crippen molar-refractivity contribution in [2.75, 3.05) is 13.1 Å². The normalized spacial score (nSPS) is 21.1. The summed E-state index contributed by atoms with van der Waals surface area (Å²) in [5, 5.41) is 0. The van der Waals surface area contributed by atoms with Gasteiger partial charge in [0.05, 0.1) is 0 Å². The Morgan fingerprint density at radius 2 is 1.90 bits per heavy atom. The fourth-order valence-electron chi connectivity index (χ4n) is 2.73. The lowest BCUT2D eigenvalue weighted by atomic mass is 9.79. The summed E-state index contributed by atoms with van der Waals surface area (Å²) < 4.78 is 0. The minimum Gasteiger partial charge on any atom is -0.342 e. The van der Waals surface area contributed by atoms with E-state index < -0.39 is 0 Å². The van der Waals surface area contributed by atoms with Crippen molar-refractivity contribution >= 4 is 11.7 Å². The van der Waals surface area contributed by atoms with Gasteiger partial charge in [-0.25, -0.2) is 0 Å². The Morgan fingerprint density at radius 1 is 1.24 bits per heavy atom. The Balaban J connectivity index is 1.87. The molecule has 0 spiro atoms. The van der Waals surface area contributed by atoms with Gasteiger partial charge in [0.25, 0.3) is 0 Å². The molecule has 1 fully saturated rings. The fourth-order valence-corrected chi connectivity index (χ4v) is 2.73. The molecule has 1 saturated heterocycles. The Labute approximate surface area is 126 Å². The molecule has 2 N–H and O–H groups in total. The van der Waals surface area contributed by atoms with Crippen molar-refractivity contribution in [1.82, 2.24) is 4.90 Å². The lowest BCUT2D eigenvalue weighted by molar-refractivity contribution is -0.134. The number of Topliss-reactive ketones (excluding diaryl/α,β-unsaturated/α-hetero) is 1. The van der Waals surface area contributed by atoms with Crippen LogP contribution in [0.5, 0.6) is 0 Å². The first kappa shape index (κ1) is 15.7. The monoisotopic (exact) mass is 288 g/mol. The lowest BCUT2D eigenvalue weighted by Crippen LogP contribution is -2.54. The highest BCUT2D eigenvalue weighted by atomic mass is 16.2. The predicted molar refractivity (Wildman–Crippen MR) is 83.0 cm³/mol. The third-order valence-corrected chi connectivity index (χ3v) is 4.33. The quantitative estimate of drug-likeness (QED) is 0.864. The molecule has 21 heavy (non-hydrogen) atoms. The second kappa shape index (κ2) is 6.39. The smallest absolute Gasteiger partial charge is 0.223 e. The molecule has 0 bridgehead atoms. The first-order valence-corrected chi connectivity index (χ1v) is 7.52. The van der Waals surface area contributed by atoms with Crippen LogP contribution in [0.3, 0.4) is 0 Å². The number of carbonyl (C=O) groups is 2. The van der Waals surface area contributed by atoms with E-state index in [-0.39, 0.29) is 36.0 Å². The van der Waals surface area contributed by atoms with Gasteiger partial charge in [0, 0.05) is 37.5 Å². The molecule has 114 valence electrons. The van der Waals surface area contributed by atoms with Crippen molar-refractivity contribution in [3.63, 3.8) is 0 Å². The molecule has 4 nitrogen and oxygen atoms in total. The summed E-state index contributed by atoms with van der Waals surface area (Å²) in [7, 11) is 0. The zero-order valence-electron chi connectivity index (χ0n) is 12.8. The van der Waals surface area contributed by atoms with Crippen molar-refractivity contribution in [1.29, 1.82) is 0 Å². The van der Waals surface area contributed by atoms with E-state index in [4.69, 9.17) is 5.73 Å². The number of piperidine rings is 1. The maximum Gasteiger partial charge on any atom is 0.223 e. The van der Waals surface area contributed by atoms with E-state index in [2.05, 4.69) is 13.8 Å². The van der Waals surface area contributed by atoms with E-state index in [9.17, 15) is 9.59 Å². The summed E-state index contributed by atoms with van der Waals surface area (Å²) >= 11 is 0. The van der Waals surface area contributed by atoms with Crippen LogP contribution >= 0.6 is 0 Å². The average molecular weight is 288 g/mol. The van der Waals surface area contributed by atoms with E-state index in [1.807, 2.05) is 23.1 Å². The molecule has 1 unspecified atom stereocenters. The number of rotatable bonds is 4. The first-order chi connectivity index (χ1) is 9.90. The summed E-state index contributed by atoms with van der Waals surface area (Å²) in [6.45, 7) is 5.55. The lowest BCUT2D eigenvalue weighted by Gasteiger charge is -2.42. The molecule has 1 atom stereocenters. The molecule has 0 radical (unpaired) electrons. The topological polar surface area (TPSA) is 63.4 Å². The minimum atomic E-state index is -0.0582. The molecule has 1 aliphatic heterocycles. The van der Waals surface area contributed by atoms with Gasteiger partial charge in [0.2, 0.25) is 5.91 Å². The van der Waals surface area contributed by atoms with E-state index in [0.717, 1.165) is 6.42 Å². The van der Waals surface area contributed by atoms with E-state index in [1.54, 1.807) is 12.1 Å². The Hall–Kier alpha value is -1.68. The molecule has 1 aromatic rings. The Kier molecular flexibility index (Phi) is 4.78. The zero-order valence-corrected chi connectivity index (χ0v) is 12.8. The van der Waals surface area contributed by atoms with Crippen LogP contribution < -0.4 is 5.73 Å². The third-order valence-electron chi connectivity index (χ3n) is 4.33. The number of benzene rings is 1. The number of amides is 1. The molecule has 0 aromatic heterocycles. The van der Waals surface area contributed by atoms with Gasteiger partial charge >= 0.3 is 0 Å². The van der Waals surface area contributed by atoms with Crippen LogP contribution in [0.4, 0.5) is 0 Å². The van der Waals surface area contributed by atoms with Crippen LogP contribution in [0.25, 0.3) is 0 Å². The molecular formula is C17H24N2O2. The van der Waals surface area contributed by atoms with Gasteiger partial charge in [-0.2, -0.15) is 0 Å². The van der Waals surface area contributed by atoms with Gasteiger partial charge < -0.3 is 10.6 Å². The van der Waals surface area contributed by atoms with Gasteiger partial charge in [-0.15, -0.1) is 0 Å². The highest BCUT2D eigenvalue weighted by molar-refractivity contribution is 5.97. The van der Waals surface area contributed by atoms with Crippen LogP contribution in [-0.2, 0) is 4.79 Å². The Bertz CT molecular complexity index is 511. The summed E-state index contributed by atoms with van der Waals surface area (Å²) in [6.07, 6.45) is 1.37. The fraction of sp³-hybridized carbons (Fsp3) is 0.529. The number of nitrogens with zero attached hydrogens (tertiary/aromatic N) is 1.